The monoisotopic (exact) mass is 446 g/mol. The van der Waals surface area contributed by atoms with E-state index in [4.69, 9.17) is 0 Å². The molecule has 0 aromatic heterocycles. The van der Waals surface area contributed by atoms with Gasteiger partial charge in [0, 0.05) is 20.1 Å². The minimum absolute atomic E-state index is 0. The molecular weight excluding hydrogens is 420 g/mol. The molecule has 20 heavy (non-hydrogen) atoms. The fourth-order valence-corrected chi connectivity index (χ4v) is 1.73. The summed E-state index contributed by atoms with van der Waals surface area (Å²) in [5.74, 6) is 0. The quantitative estimate of drug-likeness (QED) is 0.381. The summed E-state index contributed by atoms with van der Waals surface area (Å²) in [5, 5.41) is 0. The van der Waals surface area contributed by atoms with Gasteiger partial charge in [-0.15, -0.1) is 0 Å². The van der Waals surface area contributed by atoms with Crippen LogP contribution in [0.2, 0.25) is 0 Å². The van der Waals surface area contributed by atoms with E-state index in [2.05, 4.69) is 79.8 Å². The van der Waals surface area contributed by atoms with E-state index in [1.54, 1.807) is 0 Å². The van der Waals surface area contributed by atoms with Gasteiger partial charge >= 0.3 is 0 Å². The van der Waals surface area contributed by atoms with Crippen molar-refractivity contribution in [2.24, 2.45) is 0 Å². The number of rotatable bonds is 1. The molecule has 2 aliphatic carbocycles. The van der Waals surface area contributed by atoms with Gasteiger partial charge in [-0.2, -0.15) is 17.7 Å². The summed E-state index contributed by atoms with van der Waals surface area (Å²) in [6.45, 7) is 2.16. The number of allylic oxidation sites excluding steroid dienone is 8. The topological polar surface area (TPSA) is 0 Å². The van der Waals surface area contributed by atoms with Crippen molar-refractivity contribution >= 4 is 0 Å². The van der Waals surface area contributed by atoms with Crippen LogP contribution in [0.1, 0.15) is 38.2 Å². The zero-order chi connectivity index (χ0) is 13.6. The molecule has 0 bridgehead atoms. The Hall–Kier alpha value is -1.04. The van der Waals surface area contributed by atoms with Crippen LogP contribution < -0.4 is 0 Å². The Balaban J connectivity index is 0.000000265. The molecule has 1 aromatic rings. The summed E-state index contributed by atoms with van der Waals surface area (Å²) in [6, 6.07) is 8.41. The van der Waals surface area contributed by atoms with Gasteiger partial charge in [0.15, 0.2) is 0 Å². The van der Waals surface area contributed by atoms with Crippen molar-refractivity contribution in [1.82, 2.24) is 0 Å². The first-order valence-electron chi connectivity index (χ1n) is 7.24. The van der Waals surface area contributed by atoms with Crippen molar-refractivity contribution in [2.75, 3.05) is 0 Å². The predicted molar refractivity (Wildman–Crippen MR) is 86.4 cm³/mol. The van der Waals surface area contributed by atoms with Crippen LogP contribution in [-0.4, -0.2) is 0 Å². The van der Waals surface area contributed by atoms with Crippen molar-refractivity contribution in [3.05, 3.63) is 78.4 Å². The molecule has 0 unspecified atom stereocenters. The second-order valence-electron chi connectivity index (χ2n) is 4.48. The molecule has 3 rings (SSSR count). The molecule has 0 aliphatic heterocycles. The summed E-state index contributed by atoms with van der Waals surface area (Å²) in [4.78, 5) is 0. The standard InChI is InChI=1S/C7H9.2C6H8.Ir/c1-2-7-5-3-4-6-7;2*1-2-4-6-5-3-1;/h3-6H,2H2,1H3;2*1-2,5-6H,3-4H2;/q-1;;;. The molecule has 0 saturated heterocycles. The molecule has 2 aliphatic rings. The number of aryl methyl sites for hydroxylation is 1. The number of hydrogen-bond donors (Lipinski definition) is 0. The minimum Gasteiger partial charge on any atom is -0.213 e. The maximum Gasteiger partial charge on any atom is 0 e. The van der Waals surface area contributed by atoms with Crippen molar-refractivity contribution in [1.29, 1.82) is 0 Å². The van der Waals surface area contributed by atoms with Gasteiger partial charge in [-0.1, -0.05) is 62.0 Å². The summed E-state index contributed by atoms with van der Waals surface area (Å²) in [7, 11) is 0. The maximum absolute atomic E-state index is 2.18. The van der Waals surface area contributed by atoms with Gasteiger partial charge in [0.25, 0.3) is 0 Å². The molecule has 111 valence electrons. The van der Waals surface area contributed by atoms with E-state index in [1.807, 2.05) is 0 Å². The van der Waals surface area contributed by atoms with E-state index < -0.39 is 0 Å². The summed E-state index contributed by atoms with van der Waals surface area (Å²) >= 11 is 0. The van der Waals surface area contributed by atoms with Crippen molar-refractivity contribution in [3.63, 3.8) is 0 Å². The third kappa shape index (κ3) is 10.8. The van der Waals surface area contributed by atoms with E-state index in [-0.39, 0.29) is 20.1 Å². The van der Waals surface area contributed by atoms with Crippen LogP contribution in [0.15, 0.2) is 72.9 Å². The van der Waals surface area contributed by atoms with Gasteiger partial charge in [-0.25, -0.2) is 12.1 Å². The Morgan fingerprint density at radius 1 is 0.650 bits per heavy atom. The first-order chi connectivity index (χ1) is 9.43. The third-order valence-corrected chi connectivity index (χ3v) is 2.90. The van der Waals surface area contributed by atoms with Crippen LogP contribution >= 0.6 is 0 Å². The molecule has 1 radical (unpaired) electrons. The molecule has 0 amide bonds. The zero-order valence-corrected chi connectivity index (χ0v) is 14.7. The van der Waals surface area contributed by atoms with Gasteiger partial charge in [0.2, 0.25) is 0 Å². The molecule has 0 nitrogen and oxygen atoms in total. The predicted octanol–water partition coefficient (Wildman–Crippen LogP) is 5.75. The smallest absolute Gasteiger partial charge is 0 e. The largest absolute Gasteiger partial charge is 0.213 e. The summed E-state index contributed by atoms with van der Waals surface area (Å²) < 4.78 is 0. The second kappa shape index (κ2) is 14.4. The van der Waals surface area contributed by atoms with E-state index in [1.165, 1.54) is 5.56 Å². The molecular formula is C19H25Ir-. The van der Waals surface area contributed by atoms with E-state index in [9.17, 15) is 0 Å². The maximum atomic E-state index is 2.18. The average Bonchev–Trinajstić information content (AvgIpc) is 3.06. The van der Waals surface area contributed by atoms with Crippen LogP contribution in [0.5, 0.6) is 0 Å². The Labute approximate surface area is 137 Å². The summed E-state index contributed by atoms with van der Waals surface area (Å²) in [5.41, 5.74) is 1.43. The Kier molecular flexibility index (Phi) is 13.6. The Bertz CT molecular complexity index is 341. The van der Waals surface area contributed by atoms with Gasteiger partial charge in [0.05, 0.1) is 0 Å². The van der Waals surface area contributed by atoms with Crippen LogP contribution in [0.4, 0.5) is 0 Å². The second-order valence-corrected chi connectivity index (χ2v) is 4.48. The molecule has 0 fully saturated rings. The molecule has 1 aromatic carbocycles. The first-order valence-corrected chi connectivity index (χ1v) is 7.24. The van der Waals surface area contributed by atoms with E-state index in [0.717, 1.165) is 32.1 Å². The fourth-order valence-electron chi connectivity index (χ4n) is 1.73. The van der Waals surface area contributed by atoms with E-state index >= 15 is 0 Å². The molecule has 0 saturated carbocycles. The molecule has 0 N–H and O–H groups in total. The van der Waals surface area contributed by atoms with Crippen LogP contribution in [0.3, 0.4) is 0 Å². The zero-order valence-electron chi connectivity index (χ0n) is 12.3. The van der Waals surface area contributed by atoms with Crippen LogP contribution in [0.25, 0.3) is 0 Å². The molecule has 0 heterocycles. The minimum atomic E-state index is 0. The van der Waals surface area contributed by atoms with Crippen LogP contribution in [-0.2, 0) is 26.5 Å². The molecule has 0 spiro atoms. The van der Waals surface area contributed by atoms with Gasteiger partial charge in [-0.05, 0) is 25.7 Å². The van der Waals surface area contributed by atoms with Gasteiger partial charge in [-0.3, -0.25) is 0 Å². The van der Waals surface area contributed by atoms with Crippen LogP contribution in [0, 0.1) is 0 Å². The Morgan fingerprint density at radius 2 is 0.950 bits per heavy atom. The number of hydrogen-bond acceptors (Lipinski definition) is 0. The first kappa shape index (κ1) is 19.0. The average molecular weight is 446 g/mol. The fraction of sp³-hybridized carbons (Fsp3) is 0.316. The summed E-state index contributed by atoms with van der Waals surface area (Å²) in [6.07, 6.45) is 23.2. The molecule has 1 heteroatoms. The third-order valence-electron chi connectivity index (χ3n) is 2.90. The van der Waals surface area contributed by atoms with Crippen molar-refractivity contribution in [2.45, 2.75) is 39.0 Å². The van der Waals surface area contributed by atoms with E-state index in [0.29, 0.717) is 0 Å². The van der Waals surface area contributed by atoms with Crippen molar-refractivity contribution < 1.29 is 20.1 Å². The van der Waals surface area contributed by atoms with Gasteiger partial charge in [0.1, 0.15) is 0 Å². The normalized spacial score (nSPS) is 14.4. The van der Waals surface area contributed by atoms with Crippen molar-refractivity contribution in [3.8, 4) is 0 Å². The SMILES string of the molecule is C1=CCC=CC1.C1=CCC=CC1.CC[c-]1cccc1.[Ir]. The Morgan fingerprint density at radius 3 is 1.10 bits per heavy atom. The van der Waals surface area contributed by atoms with Gasteiger partial charge < -0.3 is 0 Å². The molecule has 0 atom stereocenters.